The van der Waals surface area contributed by atoms with Crippen molar-refractivity contribution in [1.29, 1.82) is 0 Å². The van der Waals surface area contributed by atoms with Crippen LogP contribution in [0.3, 0.4) is 0 Å². The van der Waals surface area contributed by atoms with Crippen molar-refractivity contribution in [2.75, 3.05) is 12.4 Å². The largest absolute Gasteiger partial charge is 0.465 e. The Kier molecular flexibility index (Phi) is 4.81. The predicted octanol–water partition coefficient (Wildman–Crippen LogP) is 4.19. The SMILES string of the molecule is COC(=O)c1cc(C)ccc1NCc1ccc(Cl)c(F)c1. The normalized spacial score (nSPS) is 10.3. The van der Waals surface area contributed by atoms with Crippen LogP contribution in [0.2, 0.25) is 5.02 Å². The molecule has 0 saturated carbocycles. The Morgan fingerprint density at radius 2 is 2.05 bits per heavy atom. The summed E-state index contributed by atoms with van der Waals surface area (Å²) in [5.74, 6) is -0.878. The molecule has 2 aromatic carbocycles. The van der Waals surface area contributed by atoms with Crippen LogP contribution < -0.4 is 5.32 Å². The maximum atomic E-state index is 13.4. The smallest absolute Gasteiger partial charge is 0.339 e. The Labute approximate surface area is 127 Å². The highest BCUT2D eigenvalue weighted by molar-refractivity contribution is 6.30. The van der Waals surface area contributed by atoms with Crippen LogP contribution in [0.15, 0.2) is 36.4 Å². The van der Waals surface area contributed by atoms with Crippen LogP contribution in [-0.2, 0) is 11.3 Å². The molecule has 0 saturated heterocycles. The second-order valence-corrected chi connectivity index (χ2v) is 5.05. The van der Waals surface area contributed by atoms with E-state index in [-0.39, 0.29) is 5.02 Å². The lowest BCUT2D eigenvalue weighted by Gasteiger charge is -2.12. The van der Waals surface area contributed by atoms with Crippen molar-refractivity contribution < 1.29 is 13.9 Å². The van der Waals surface area contributed by atoms with Crippen LogP contribution in [0.4, 0.5) is 10.1 Å². The molecule has 3 nitrogen and oxygen atoms in total. The number of nitrogens with one attached hydrogen (secondary N) is 1. The molecule has 0 radical (unpaired) electrons. The number of ether oxygens (including phenoxy) is 1. The summed E-state index contributed by atoms with van der Waals surface area (Å²) >= 11 is 5.64. The molecule has 0 aliphatic carbocycles. The van der Waals surface area contributed by atoms with Crippen LogP contribution >= 0.6 is 11.6 Å². The third-order valence-corrected chi connectivity index (χ3v) is 3.35. The quantitative estimate of drug-likeness (QED) is 0.861. The lowest BCUT2D eigenvalue weighted by Crippen LogP contribution is -2.08. The zero-order valence-corrected chi connectivity index (χ0v) is 12.5. The van der Waals surface area contributed by atoms with Gasteiger partial charge in [-0.25, -0.2) is 9.18 Å². The minimum Gasteiger partial charge on any atom is -0.465 e. The molecule has 5 heteroatoms. The summed E-state index contributed by atoms with van der Waals surface area (Å²) in [6, 6.07) is 10.0. The fourth-order valence-corrected chi connectivity index (χ4v) is 2.06. The van der Waals surface area contributed by atoms with Gasteiger partial charge in [-0.15, -0.1) is 0 Å². The molecule has 110 valence electrons. The molecule has 0 aliphatic rings. The van der Waals surface area contributed by atoms with Gasteiger partial charge < -0.3 is 10.1 Å². The van der Waals surface area contributed by atoms with Gasteiger partial charge in [0.2, 0.25) is 0 Å². The molecule has 0 heterocycles. The summed E-state index contributed by atoms with van der Waals surface area (Å²) in [6.07, 6.45) is 0. The molecule has 0 amide bonds. The summed E-state index contributed by atoms with van der Waals surface area (Å²) in [5.41, 5.74) is 2.78. The van der Waals surface area contributed by atoms with Crippen LogP contribution in [0.5, 0.6) is 0 Å². The summed E-state index contributed by atoms with van der Waals surface area (Å²) in [7, 11) is 1.34. The van der Waals surface area contributed by atoms with E-state index in [4.69, 9.17) is 16.3 Å². The zero-order chi connectivity index (χ0) is 15.4. The van der Waals surface area contributed by atoms with Crippen molar-refractivity contribution in [3.8, 4) is 0 Å². The third-order valence-electron chi connectivity index (χ3n) is 3.05. The number of hydrogen-bond donors (Lipinski definition) is 1. The topological polar surface area (TPSA) is 38.3 Å². The van der Waals surface area contributed by atoms with Crippen LogP contribution in [0.1, 0.15) is 21.5 Å². The van der Waals surface area contributed by atoms with Crippen molar-refractivity contribution in [2.45, 2.75) is 13.5 Å². The van der Waals surface area contributed by atoms with Crippen molar-refractivity contribution >= 4 is 23.3 Å². The molecule has 0 bridgehead atoms. The number of carbonyl (C=O) groups is 1. The maximum Gasteiger partial charge on any atom is 0.339 e. The van der Waals surface area contributed by atoms with Gasteiger partial charge in [0.15, 0.2) is 0 Å². The van der Waals surface area contributed by atoms with E-state index in [0.29, 0.717) is 17.8 Å². The van der Waals surface area contributed by atoms with Crippen molar-refractivity contribution in [3.05, 3.63) is 63.9 Å². The average Bonchev–Trinajstić information content (AvgIpc) is 2.48. The fourth-order valence-electron chi connectivity index (χ4n) is 1.94. The van der Waals surface area contributed by atoms with Crippen LogP contribution in [-0.4, -0.2) is 13.1 Å². The summed E-state index contributed by atoms with van der Waals surface area (Å²) < 4.78 is 18.1. The van der Waals surface area contributed by atoms with Gasteiger partial charge in [-0.1, -0.05) is 29.3 Å². The molecule has 1 N–H and O–H groups in total. The number of esters is 1. The molecule has 0 aromatic heterocycles. The predicted molar refractivity (Wildman–Crippen MR) is 81.3 cm³/mol. The minimum absolute atomic E-state index is 0.0873. The highest BCUT2D eigenvalue weighted by Crippen LogP contribution is 2.21. The van der Waals surface area contributed by atoms with E-state index >= 15 is 0 Å². The van der Waals surface area contributed by atoms with Crippen molar-refractivity contribution in [2.24, 2.45) is 0 Å². The summed E-state index contributed by atoms with van der Waals surface area (Å²) in [4.78, 5) is 11.8. The molecule has 0 atom stereocenters. The Morgan fingerprint density at radius 1 is 1.29 bits per heavy atom. The summed E-state index contributed by atoms with van der Waals surface area (Å²) in [5, 5.41) is 3.20. The van der Waals surface area contributed by atoms with Crippen LogP contribution in [0.25, 0.3) is 0 Å². The van der Waals surface area contributed by atoms with Gasteiger partial charge in [0, 0.05) is 12.2 Å². The van der Waals surface area contributed by atoms with Gasteiger partial charge in [0.25, 0.3) is 0 Å². The standard InChI is InChI=1S/C16H15ClFNO2/c1-10-3-6-15(12(7-10)16(20)21-2)19-9-11-4-5-13(17)14(18)8-11/h3-8,19H,9H2,1-2H3. The lowest BCUT2D eigenvalue weighted by molar-refractivity contribution is 0.0601. The van der Waals surface area contributed by atoms with Gasteiger partial charge in [0.1, 0.15) is 5.82 Å². The van der Waals surface area contributed by atoms with Crippen molar-refractivity contribution in [3.63, 3.8) is 0 Å². The van der Waals surface area contributed by atoms with Crippen molar-refractivity contribution in [1.82, 2.24) is 0 Å². The van der Waals surface area contributed by atoms with E-state index in [1.54, 1.807) is 18.2 Å². The van der Waals surface area contributed by atoms with E-state index < -0.39 is 11.8 Å². The monoisotopic (exact) mass is 307 g/mol. The minimum atomic E-state index is -0.465. The summed E-state index contributed by atoms with van der Waals surface area (Å²) in [6.45, 7) is 2.27. The van der Waals surface area contributed by atoms with Gasteiger partial charge in [0.05, 0.1) is 17.7 Å². The van der Waals surface area contributed by atoms with E-state index in [0.717, 1.165) is 11.1 Å². The number of benzene rings is 2. The molecule has 0 aliphatic heterocycles. The molecule has 21 heavy (non-hydrogen) atoms. The third kappa shape index (κ3) is 3.73. The highest BCUT2D eigenvalue weighted by atomic mass is 35.5. The first-order valence-electron chi connectivity index (χ1n) is 6.38. The molecule has 2 aromatic rings. The first-order chi connectivity index (χ1) is 10.0. The van der Waals surface area contributed by atoms with Gasteiger partial charge in [-0.3, -0.25) is 0 Å². The van der Waals surface area contributed by atoms with Gasteiger partial charge in [-0.2, -0.15) is 0 Å². The molecule has 0 fully saturated rings. The molecule has 0 unspecified atom stereocenters. The highest BCUT2D eigenvalue weighted by Gasteiger charge is 2.12. The molecule has 2 rings (SSSR count). The fraction of sp³-hybridized carbons (Fsp3) is 0.188. The first-order valence-corrected chi connectivity index (χ1v) is 6.76. The second kappa shape index (κ2) is 6.59. The maximum absolute atomic E-state index is 13.4. The lowest BCUT2D eigenvalue weighted by atomic mass is 10.1. The average molecular weight is 308 g/mol. The van der Waals surface area contributed by atoms with Gasteiger partial charge in [-0.05, 0) is 36.8 Å². The second-order valence-electron chi connectivity index (χ2n) is 4.64. The van der Waals surface area contributed by atoms with Gasteiger partial charge >= 0.3 is 5.97 Å². The molecule has 0 spiro atoms. The number of halogens is 2. The Morgan fingerprint density at radius 3 is 2.71 bits per heavy atom. The van der Waals surface area contributed by atoms with E-state index in [2.05, 4.69) is 5.32 Å². The van der Waals surface area contributed by atoms with Crippen LogP contribution in [0, 0.1) is 12.7 Å². The number of hydrogen-bond acceptors (Lipinski definition) is 3. The molecular formula is C16H15ClFNO2. The number of anilines is 1. The number of aryl methyl sites for hydroxylation is 1. The number of rotatable bonds is 4. The van der Waals surface area contributed by atoms with E-state index in [1.807, 2.05) is 13.0 Å². The molecular weight excluding hydrogens is 293 g/mol. The first kappa shape index (κ1) is 15.3. The van der Waals surface area contributed by atoms with E-state index in [9.17, 15) is 9.18 Å². The number of methoxy groups -OCH3 is 1. The van der Waals surface area contributed by atoms with E-state index in [1.165, 1.54) is 19.2 Å². The Hall–Kier alpha value is -2.07. The number of carbonyl (C=O) groups excluding carboxylic acids is 1. The Balaban J connectivity index is 2.19. The Bertz CT molecular complexity index is 673. The zero-order valence-electron chi connectivity index (χ0n) is 11.7.